The average Bonchev–Trinajstić information content (AvgIpc) is 3.12. The summed E-state index contributed by atoms with van der Waals surface area (Å²) in [7, 11) is 4.13. The van der Waals surface area contributed by atoms with Crippen molar-refractivity contribution in [1.29, 1.82) is 0 Å². The third kappa shape index (κ3) is 4.74. The Labute approximate surface area is 196 Å². The van der Waals surface area contributed by atoms with Gasteiger partial charge in [0.15, 0.2) is 9.54 Å². The molecule has 0 aliphatic carbocycles. The summed E-state index contributed by atoms with van der Waals surface area (Å²) in [6, 6.07) is 24.5. The van der Waals surface area contributed by atoms with E-state index in [1.165, 1.54) is 5.56 Å². The van der Waals surface area contributed by atoms with Gasteiger partial charge in [-0.15, -0.1) is 0 Å². The lowest BCUT2D eigenvalue weighted by atomic mass is 10.1. The molecule has 8 heteroatoms. The van der Waals surface area contributed by atoms with Crippen LogP contribution in [0.2, 0.25) is 5.02 Å². The van der Waals surface area contributed by atoms with Crippen molar-refractivity contribution in [2.45, 2.75) is 6.54 Å². The molecule has 0 bridgehead atoms. The van der Waals surface area contributed by atoms with Crippen LogP contribution in [0.25, 0.3) is 5.69 Å². The molecule has 0 radical (unpaired) electrons. The standard InChI is InChI=1S/C23H22ClN5S2/c1-27(18-11-9-17(24)10-12-18)15-16-5-3-6-19(13-16)28(2)20-7-4-8-21(14-20)29-22(30)25-26-23(29)31/h3-14H,15H2,1-2H3,(H,25,30)(H,26,31). The lowest BCUT2D eigenvalue weighted by molar-refractivity contribution is 0.922. The third-order valence-corrected chi connectivity index (χ3v) is 5.96. The summed E-state index contributed by atoms with van der Waals surface area (Å²) in [5.74, 6) is 0. The molecule has 0 fully saturated rings. The second-order valence-corrected chi connectivity index (χ2v) is 8.49. The molecular formula is C23H22ClN5S2. The maximum Gasteiger partial charge on any atom is 0.198 e. The van der Waals surface area contributed by atoms with Gasteiger partial charge in [0.25, 0.3) is 0 Å². The zero-order valence-electron chi connectivity index (χ0n) is 17.2. The predicted molar refractivity (Wildman–Crippen MR) is 134 cm³/mol. The number of anilines is 3. The Morgan fingerprint density at radius 1 is 0.806 bits per heavy atom. The SMILES string of the molecule is CN(Cc1cccc(N(C)c2cccc(-n3c(=S)[nH][nH]c3=S)c2)c1)c1ccc(Cl)cc1. The Balaban J connectivity index is 1.58. The van der Waals surface area contributed by atoms with Crippen LogP contribution in [0.3, 0.4) is 0 Å². The van der Waals surface area contributed by atoms with Gasteiger partial charge in [-0.3, -0.25) is 14.8 Å². The second kappa shape index (κ2) is 9.09. The Morgan fingerprint density at radius 2 is 1.42 bits per heavy atom. The summed E-state index contributed by atoms with van der Waals surface area (Å²) in [4.78, 5) is 4.35. The van der Waals surface area contributed by atoms with Crippen molar-refractivity contribution >= 4 is 53.1 Å². The van der Waals surface area contributed by atoms with Crippen LogP contribution in [0.15, 0.2) is 72.8 Å². The Hall–Kier alpha value is -2.87. The number of H-pyrrole nitrogens is 2. The van der Waals surface area contributed by atoms with E-state index >= 15 is 0 Å². The molecule has 5 nitrogen and oxygen atoms in total. The summed E-state index contributed by atoms with van der Waals surface area (Å²) in [6.45, 7) is 0.789. The third-order valence-electron chi connectivity index (χ3n) is 5.14. The van der Waals surface area contributed by atoms with Crippen molar-refractivity contribution in [3.05, 3.63) is 92.9 Å². The fourth-order valence-corrected chi connectivity index (χ4v) is 4.14. The quantitative estimate of drug-likeness (QED) is 0.311. The zero-order valence-corrected chi connectivity index (χ0v) is 19.6. The molecule has 0 saturated carbocycles. The van der Waals surface area contributed by atoms with E-state index in [4.69, 9.17) is 36.0 Å². The van der Waals surface area contributed by atoms with Crippen molar-refractivity contribution in [1.82, 2.24) is 14.8 Å². The molecule has 1 aromatic heterocycles. The molecule has 158 valence electrons. The number of rotatable bonds is 6. The maximum absolute atomic E-state index is 6.01. The molecule has 0 saturated heterocycles. The number of hydrogen-bond acceptors (Lipinski definition) is 4. The van der Waals surface area contributed by atoms with E-state index in [0.29, 0.717) is 9.54 Å². The molecule has 0 atom stereocenters. The molecule has 4 rings (SSSR count). The lowest BCUT2D eigenvalue weighted by Gasteiger charge is -2.23. The monoisotopic (exact) mass is 467 g/mol. The highest BCUT2D eigenvalue weighted by Crippen LogP contribution is 2.27. The van der Waals surface area contributed by atoms with Gasteiger partial charge >= 0.3 is 0 Å². The van der Waals surface area contributed by atoms with Gasteiger partial charge in [-0.1, -0.05) is 29.8 Å². The minimum Gasteiger partial charge on any atom is -0.370 e. The van der Waals surface area contributed by atoms with Crippen molar-refractivity contribution in [2.75, 3.05) is 23.9 Å². The topological polar surface area (TPSA) is 43.0 Å². The van der Waals surface area contributed by atoms with E-state index in [9.17, 15) is 0 Å². The van der Waals surface area contributed by atoms with Crippen LogP contribution < -0.4 is 9.80 Å². The van der Waals surface area contributed by atoms with Gasteiger partial charge in [-0.2, -0.15) is 0 Å². The molecule has 0 unspecified atom stereocenters. The second-order valence-electron chi connectivity index (χ2n) is 7.28. The van der Waals surface area contributed by atoms with Crippen LogP contribution >= 0.6 is 36.0 Å². The Morgan fingerprint density at radius 3 is 2.10 bits per heavy atom. The molecule has 3 aromatic carbocycles. The average molecular weight is 468 g/mol. The molecule has 0 aliphatic rings. The highest BCUT2D eigenvalue weighted by atomic mass is 35.5. The van der Waals surface area contributed by atoms with E-state index in [2.05, 4.69) is 70.5 Å². The van der Waals surface area contributed by atoms with E-state index in [1.54, 1.807) is 4.57 Å². The Kier molecular flexibility index (Phi) is 6.27. The minimum atomic E-state index is 0.539. The van der Waals surface area contributed by atoms with E-state index in [1.807, 2.05) is 36.4 Å². The molecule has 4 aromatic rings. The van der Waals surface area contributed by atoms with Gasteiger partial charge < -0.3 is 9.80 Å². The summed E-state index contributed by atoms with van der Waals surface area (Å²) in [6.07, 6.45) is 0. The van der Waals surface area contributed by atoms with Crippen molar-refractivity contribution in [2.24, 2.45) is 0 Å². The van der Waals surface area contributed by atoms with Crippen LogP contribution in [0, 0.1) is 9.54 Å². The van der Waals surface area contributed by atoms with E-state index < -0.39 is 0 Å². The summed E-state index contributed by atoms with van der Waals surface area (Å²) >= 11 is 16.7. The van der Waals surface area contributed by atoms with Gasteiger partial charge in [-0.05, 0) is 84.6 Å². The van der Waals surface area contributed by atoms with Crippen molar-refractivity contribution in [3.63, 3.8) is 0 Å². The first-order valence-corrected chi connectivity index (χ1v) is 10.9. The molecule has 1 heterocycles. The smallest absolute Gasteiger partial charge is 0.198 e. The first-order valence-electron chi connectivity index (χ1n) is 9.72. The molecular weight excluding hydrogens is 446 g/mol. The van der Waals surface area contributed by atoms with E-state index in [-0.39, 0.29) is 0 Å². The van der Waals surface area contributed by atoms with Crippen LogP contribution in [-0.2, 0) is 6.54 Å². The van der Waals surface area contributed by atoms with Gasteiger partial charge in [0.05, 0.1) is 5.69 Å². The number of halogens is 1. The zero-order chi connectivity index (χ0) is 22.0. The van der Waals surface area contributed by atoms with Gasteiger partial charge in [-0.25, -0.2) is 0 Å². The summed E-state index contributed by atoms with van der Waals surface area (Å²) < 4.78 is 2.88. The Bertz CT molecular complexity index is 1280. The van der Waals surface area contributed by atoms with Gasteiger partial charge in [0, 0.05) is 42.7 Å². The van der Waals surface area contributed by atoms with Crippen LogP contribution in [0.4, 0.5) is 17.1 Å². The fraction of sp³-hybridized carbons (Fsp3) is 0.130. The highest BCUT2D eigenvalue weighted by Gasteiger charge is 2.09. The lowest BCUT2D eigenvalue weighted by Crippen LogP contribution is -2.17. The number of nitrogens with one attached hydrogen (secondary N) is 2. The first kappa shape index (κ1) is 21.4. The number of hydrogen-bond donors (Lipinski definition) is 2. The summed E-state index contributed by atoms with van der Waals surface area (Å²) in [5.41, 5.74) is 5.39. The maximum atomic E-state index is 6.01. The molecule has 0 amide bonds. The number of aromatic amines is 2. The van der Waals surface area contributed by atoms with Gasteiger partial charge in [0.2, 0.25) is 0 Å². The number of aromatic nitrogens is 3. The largest absolute Gasteiger partial charge is 0.370 e. The molecule has 0 spiro atoms. The van der Waals surface area contributed by atoms with E-state index in [0.717, 1.165) is 34.3 Å². The normalized spacial score (nSPS) is 10.8. The first-order chi connectivity index (χ1) is 14.9. The van der Waals surface area contributed by atoms with Crippen molar-refractivity contribution < 1.29 is 0 Å². The predicted octanol–water partition coefficient (Wildman–Crippen LogP) is 6.65. The van der Waals surface area contributed by atoms with Crippen LogP contribution in [0.1, 0.15) is 5.56 Å². The molecule has 31 heavy (non-hydrogen) atoms. The van der Waals surface area contributed by atoms with Crippen LogP contribution in [-0.4, -0.2) is 28.9 Å². The minimum absolute atomic E-state index is 0.539. The highest BCUT2D eigenvalue weighted by molar-refractivity contribution is 7.72. The molecule has 2 N–H and O–H groups in total. The number of benzene rings is 3. The van der Waals surface area contributed by atoms with Gasteiger partial charge in [0.1, 0.15) is 0 Å². The van der Waals surface area contributed by atoms with Crippen molar-refractivity contribution in [3.8, 4) is 5.69 Å². The number of nitrogens with zero attached hydrogens (tertiary/aromatic N) is 3. The van der Waals surface area contributed by atoms with Crippen LogP contribution in [0.5, 0.6) is 0 Å². The summed E-state index contributed by atoms with van der Waals surface area (Å²) in [5, 5.41) is 6.50. The fourth-order valence-electron chi connectivity index (χ4n) is 3.46. The molecule has 0 aliphatic heterocycles.